The lowest BCUT2D eigenvalue weighted by Gasteiger charge is -2.35. The predicted molar refractivity (Wildman–Crippen MR) is 125 cm³/mol. The van der Waals surface area contributed by atoms with E-state index in [9.17, 15) is 9.59 Å². The summed E-state index contributed by atoms with van der Waals surface area (Å²) in [5, 5.41) is 5.92. The molecule has 1 aliphatic rings. The second kappa shape index (κ2) is 9.90. The van der Waals surface area contributed by atoms with Crippen LogP contribution in [0.2, 0.25) is 0 Å². The first-order chi connectivity index (χ1) is 14.4. The highest BCUT2D eigenvalue weighted by molar-refractivity contribution is 9.10. The Morgan fingerprint density at radius 1 is 1.07 bits per heavy atom. The standard InChI is InChI=1S/C21H23BrN4O3S/c1-14(27)25-9-11-26(12-10-25)17-6-4-16(5-7-17)23-21(30)24-20(28)15-3-8-19(29-2)18(22)13-15/h3-8,13H,9-12H2,1-2H3,(H2,23,24,28,30). The zero-order chi connectivity index (χ0) is 21.7. The summed E-state index contributed by atoms with van der Waals surface area (Å²) in [7, 11) is 1.57. The third-order valence-corrected chi connectivity index (χ3v) is 5.68. The summed E-state index contributed by atoms with van der Waals surface area (Å²) in [5.74, 6) is 0.456. The first kappa shape index (κ1) is 22.0. The molecule has 0 spiro atoms. The van der Waals surface area contributed by atoms with Crippen molar-refractivity contribution in [1.82, 2.24) is 10.2 Å². The molecular weight excluding hydrogens is 468 g/mol. The van der Waals surface area contributed by atoms with Crippen molar-refractivity contribution in [1.29, 1.82) is 0 Å². The third kappa shape index (κ3) is 5.48. The maximum absolute atomic E-state index is 12.4. The minimum Gasteiger partial charge on any atom is -0.496 e. The van der Waals surface area contributed by atoms with Gasteiger partial charge in [-0.15, -0.1) is 0 Å². The van der Waals surface area contributed by atoms with E-state index in [1.807, 2.05) is 29.2 Å². The van der Waals surface area contributed by atoms with Crippen LogP contribution in [-0.2, 0) is 4.79 Å². The van der Waals surface area contributed by atoms with Crippen molar-refractivity contribution >= 4 is 56.4 Å². The van der Waals surface area contributed by atoms with Crippen LogP contribution in [0, 0.1) is 0 Å². The predicted octanol–water partition coefficient (Wildman–Crippen LogP) is 3.25. The minimum absolute atomic E-state index is 0.117. The molecule has 0 bridgehead atoms. The molecule has 0 unspecified atom stereocenters. The zero-order valence-electron chi connectivity index (χ0n) is 16.8. The number of methoxy groups -OCH3 is 1. The number of hydrogen-bond donors (Lipinski definition) is 2. The molecule has 158 valence electrons. The number of carbonyl (C=O) groups is 2. The third-order valence-electron chi connectivity index (χ3n) is 4.86. The van der Waals surface area contributed by atoms with Crippen molar-refractivity contribution in [2.75, 3.05) is 43.5 Å². The normalized spacial score (nSPS) is 13.6. The van der Waals surface area contributed by atoms with E-state index in [2.05, 4.69) is 31.5 Å². The molecule has 1 heterocycles. The van der Waals surface area contributed by atoms with E-state index in [-0.39, 0.29) is 16.9 Å². The molecule has 7 nitrogen and oxygen atoms in total. The first-order valence-electron chi connectivity index (χ1n) is 9.44. The summed E-state index contributed by atoms with van der Waals surface area (Å²) < 4.78 is 5.86. The molecule has 1 saturated heterocycles. The molecule has 2 amide bonds. The number of carbonyl (C=O) groups excluding carboxylic acids is 2. The van der Waals surface area contributed by atoms with Crippen LogP contribution in [0.15, 0.2) is 46.9 Å². The van der Waals surface area contributed by atoms with E-state index in [4.69, 9.17) is 17.0 Å². The Kier molecular flexibility index (Phi) is 7.28. The smallest absolute Gasteiger partial charge is 0.257 e. The van der Waals surface area contributed by atoms with Crippen LogP contribution in [0.5, 0.6) is 5.75 Å². The van der Waals surface area contributed by atoms with Gasteiger partial charge in [0.1, 0.15) is 5.75 Å². The summed E-state index contributed by atoms with van der Waals surface area (Å²) >= 11 is 8.63. The van der Waals surface area contributed by atoms with E-state index in [0.29, 0.717) is 15.8 Å². The van der Waals surface area contributed by atoms with Crippen molar-refractivity contribution in [3.8, 4) is 5.75 Å². The molecule has 2 aromatic rings. The lowest BCUT2D eigenvalue weighted by molar-refractivity contribution is -0.129. The molecule has 30 heavy (non-hydrogen) atoms. The van der Waals surface area contributed by atoms with Gasteiger partial charge in [0.2, 0.25) is 5.91 Å². The molecular formula is C21H23BrN4O3S. The number of piperazine rings is 1. The molecule has 1 aliphatic heterocycles. The topological polar surface area (TPSA) is 73.9 Å². The number of halogens is 1. The number of nitrogens with one attached hydrogen (secondary N) is 2. The number of nitrogens with zero attached hydrogens (tertiary/aromatic N) is 2. The number of ether oxygens (including phenoxy) is 1. The van der Waals surface area contributed by atoms with Crippen LogP contribution in [0.25, 0.3) is 0 Å². The van der Waals surface area contributed by atoms with Crippen molar-refractivity contribution in [2.45, 2.75) is 6.92 Å². The first-order valence-corrected chi connectivity index (χ1v) is 10.6. The molecule has 0 radical (unpaired) electrons. The SMILES string of the molecule is COc1ccc(C(=O)NC(=S)Nc2ccc(N3CCN(C(C)=O)CC3)cc2)cc1Br. The van der Waals surface area contributed by atoms with E-state index < -0.39 is 0 Å². The lowest BCUT2D eigenvalue weighted by Crippen LogP contribution is -2.48. The fraction of sp³-hybridized carbons (Fsp3) is 0.286. The molecule has 0 aliphatic carbocycles. The van der Waals surface area contributed by atoms with Crippen molar-refractivity contribution < 1.29 is 14.3 Å². The van der Waals surface area contributed by atoms with Crippen molar-refractivity contribution in [2.24, 2.45) is 0 Å². The lowest BCUT2D eigenvalue weighted by atomic mass is 10.2. The van der Waals surface area contributed by atoms with Gasteiger partial charge in [-0.3, -0.25) is 14.9 Å². The molecule has 2 N–H and O–H groups in total. The van der Waals surface area contributed by atoms with Gasteiger partial charge in [-0.05, 0) is 70.6 Å². The molecule has 2 aromatic carbocycles. The Bertz CT molecular complexity index is 944. The van der Waals surface area contributed by atoms with Crippen LogP contribution < -0.4 is 20.3 Å². The summed E-state index contributed by atoms with van der Waals surface area (Å²) in [4.78, 5) is 27.9. The van der Waals surface area contributed by atoms with Crippen LogP contribution in [0.3, 0.4) is 0 Å². The Morgan fingerprint density at radius 3 is 2.30 bits per heavy atom. The second-order valence-electron chi connectivity index (χ2n) is 6.80. The number of amides is 2. The maximum Gasteiger partial charge on any atom is 0.257 e. The molecule has 9 heteroatoms. The monoisotopic (exact) mass is 490 g/mol. The van der Waals surface area contributed by atoms with Gasteiger partial charge in [0, 0.05) is 50.0 Å². The second-order valence-corrected chi connectivity index (χ2v) is 8.06. The van der Waals surface area contributed by atoms with E-state index in [0.717, 1.165) is 37.6 Å². The largest absolute Gasteiger partial charge is 0.496 e. The number of benzene rings is 2. The Morgan fingerprint density at radius 2 is 1.73 bits per heavy atom. The van der Waals surface area contributed by atoms with Crippen LogP contribution >= 0.6 is 28.1 Å². The maximum atomic E-state index is 12.4. The molecule has 0 atom stereocenters. The van der Waals surface area contributed by atoms with Gasteiger partial charge in [0.25, 0.3) is 5.91 Å². The summed E-state index contributed by atoms with van der Waals surface area (Å²) in [6, 6.07) is 12.9. The van der Waals surface area contributed by atoms with Gasteiger partial charge < -0.3 is 19.9 Å². The number of thiocarbonyl (C=S) groups is 1. The number of hydrogen-bond acceptors (Lipinski definition) is 5. The fourth-order valence-corrected chi connectivity index (χ4v) is 3.93. The van der Waals surface area contributed by atoms with E-state index >= 15 is 0 Å². The average Bonchev–Trinajstić information content (AvgIpc) is 2.74. The van der Waals surface area contributed by atoms with Crippen molar-refractivity contribution in [3.63, 3.8) is 0 Å². The summed E-state index contributed by atoms with van der Waals surface area (Å²) in [6.45, 7) is 4.67. The van der Waals surface area contributed by atoms with Gasteiger partial charge in [-0.1, -0.05) is 0 Å². The number of rotatable bonds is 4. The Hall–Kier alpha value is -2.65. The Labute approximate surface area is 189 Å². The minimum atomic E-state index is -0.309. The highest BCUT2D eigenvalue weighted by atomic mass is 79.9. The molecule has 1 fully saturated rings. The quantitative estimate of drug-likeness (QED) is 0.640. The van der Waals surface area contributed by atoms with E-state index in [1.54, 1.807) is 32.2 Å². The van der Waals surface area contributed by atoms with Gasteiger partial charge in [-0.2, -0.15) is 0 Å². The fourth-order valence-electron chi connectivity index (χ4n) is 3.18. The van der Waals surface area contributed by atoms with Crippen LogP contribution in [0.1, 0.15) is 17.3 Å². The van der Waals surface area contributed by atoms with Crippen molar-refractivity contribution in [3.05, 3.63) is 52.5 Å². The van der Waals surface area contributed by atoms with Gasteiger partial charge in [0.05, 0.1) is 11.6 Å². The highest BCUT2D eigenvalue weighted by Crippen LogP contribution is 2.25. The van der Waals surface area contributed by atoms with Gasteiger partial charge >= 0.3 is 0 Å². The highest BCUT2D eigenvalue weighted by Gasteiger charge is 2.18. The summed E-state index contributed by atoms with van der Waals surface area (Å²) in [6.07, 6.45) is 0. The van der Waals surface area contributed by atoms with Gasteiger partial charge in [0.15, 0.2) is 5.11 Å². The molecule has 0 aromatic heterocycles. The van der Waals surface area contributed by atoms with Gasteiger partial charge in [-0.25, -0.2) is 0 Å². The Balaban J connectivity index is 1.54. The number of anilines is 2. The van der Waals surface area contributed by atoms with Crippen LogP contribution in [-0.4, -0.2) is 55.1 Å². The molecule has 3 rings (SSSR count). The van der Waals surface area contributed by atoms with E-state index in [1.165, 1.54) is 0 Å². The van der Waals surface area contributed by atoms with Crippen LogP contribution in [0.4, 0.5) is 11.4 Å². The average molecular weight is 491 g/mol. The molecule has 0 saturated carbocycles. The zero-order valence-corrected chi connectivity index (χ0v) is 19.2. The summed E-state index contributed by atoms with van der Waals surface area (Å²) in [5.41, 5.74) is 2.33.